The van der Waals surface area contributed by atoms with Crippen molar-refractivity contribution in [3.05, 3.63) is 58.3 Å². The summed E-state index contributed by atoms with van der Waals surface area (Å²) >= 11 is 5.71. The van der Waals surface area contributed by atoms with E-state index in [1.807, 2.05) is 4.90 Å². The number of aromatic nitrogens is 2. The molecule has 0 aliphatic carbocycles. The molecule has 3 aliphatic rings. The minimum atomic E-state index is -4.55. The van der Waals surface area contributed by atoms with Gasteiger partial charge in [0, 0.05) is 38.3 Å². The molecule has 1 aromatic heterocycles. The van der Waals surface area contributed by atoms with E-state index in [1.165, 1.54) is 12.1 Å². The van der Waals surface area contributed by atoms with E-state index in [0.717, 1.165) is 24.1 Å². The molecule has 1 amide bonds. The Morgan fingerprint density at radius 3 is 2.35 bits per heavy atom. The molecule has 2 aromatic rings. The van der Waals surface area contributed by atoms with Crippen molar-refractivity contribution in [3.8, 4) is 0 Å². The van der Waals surface area contributed by atoms with Crippen LogP contribution in [0.1, 0.15) is 29.7 Å². The molecule has 2 fully saturated rings. The maximum atomic E-state index is 13.2. The number of carbonyl (C=O) groups excluding carboxylic acids is 1. The Morgan fingerprint density at radius 2 is 1.78 bits per heavy atom. The fourth-order valence-corrected chi connectivity index (χ4v) is 5.45. The molecular formula is C24H22ClF6N5O. The van der Waals surface area contributed by atoms with E-state index in [9.17, 15) is 31.1 Å². The van der Waals surface area contributed by atoms with Gasteiger partial charge < -0.3 is 9.80 Å². The van der Waals surface area contributed by atoms with Crippen molar-refractivity contribution in [2.75, 3.05) is 37.6 Å². The van der Waals surface area contributed by atoms with Gasteiger partial charge in [0.25, 0.3) is 0 Å². The highest BCUT2D eigenvalue weighted by Crippen LogP contribution is 2.38. The Kier molecular flexibility index (Phi) is 6.59. The highest BCUT2D eigenvalue weighted by Gasteiger charge is 2.45. The van der Waals surface area contributed by atoms with Crippen molar-refractivity contribution in [2.24, 2.45) is 0 Å². The van der Waals surface area contributed by atoms with Crippen molar-refractivity contribution >= 4 is 28.9 Å². The van der Waals surface area contributed by atoms with Crippen molar-refractivity contribution in [1.29, 1.82) is 0 Å². The van der Waals surface area contributed by atoms with E-state index in [0.29, 0.717) is 44.0 Å². The third-order valence-electron chi connectivity index (χ3n) is 7.13. The summed E-state index contributed by atoms with van der Waals surface area (Å²) < 4.78 is 77.8. The molecule has 0 N–H and O–H groups in total. The number of hydrogen-bond donors (Lipinski definition) is 0. The topological polar surface area (TPSA) is 52.6 Å². The molecule has 3 aliphatic heterocycles. The highest BCUT2D eigenvalue weighted by molar-refractivity contribution is 6.31. The Balaban J connectivity index is 1.16. The van der Waals surface area contributed by atoms with Crippen LogP contribution in [0.2, 0.25) is 5.02 Å². The number of amides is 1. The molecule has 4 heterocycles. The molecule has 0 saturated carbocycles. The maximum Gasteiger partial charge on any atom is 0.435 e. The molecule has 13 heteroatoms. The van der Waals surface area contributed by atoms with Gasteiger partial charge in [-0.05, 0) is 48.2 Å². The number of hydrogen-bond acceptors (Lipinski definition) is 5. The number of benzene rings is 1. The smallest absolute Gasteiger partial charge is 0.349 e. The molecule has 1 aromatic carbocycles. The van der Waals surface area contributed by atoms with Gasteiger partial charge in [0.15, 0.2) is 11.5 Å². The van der Waals surface area contributed by atoms with Gasteiger partial charge in [-0.15, -0.1) is 10.2 Å². The molecule has 2 atom stereocenters. The quantitative estimate of drug-likeness (QED) is 0.519. The third-order valence-corrected chi connectivity index (χ3v) is 7.46. The number of alkyl halides is 6. The SMILES string of the molecule is O=C(CN1CC2CC1CN2c1ccc(C(F)(F)F)nn1)N1CC=C(c2ccc(Cl)c(C(F)(F)F)c2)CC1. The molecule has 2 saturated heterocycles. The molecule has 37 heavy (non-hydrogen) atoms. The maximum absolute atomic E-state index is 13.2. The standard InChI is InChI=1S/C24H22ClF6N5O/c25-19-2-1-15(9-18(19)23(26,27)28)14-5-7-34(8-6-14)22(37)13-35-11-17-10-16(35)12-36(17)21-4-3-20(32-33-21)24(29,30)31/h1-5,9,16-17H,6-8,10-13H2. The summed E-state index contributed by atoms with van der Waals surface area (Å²) in [6.07, 6.45) is -6.12. The van der Waals surface area contributed by atoms with Gasteiger partial charge in [-0.3, -0.25) is 9.69 Å². The molecule has 2 bridgehead atoms. The van der Waals surface area contributed by atoms with E-state index in [4.69, 9.17) is 11.6 Å². The van der Waals surface area contributed by atoms with E-state index < -0.39 is 23.6 Å². The van der Waals surface area contributed by atoms with Crippen LogP contribution < -0.4 is 4.90 Å². The predicted octanol–water partition coefficient (Wildman–Crippen LogP) is 4.75. The lowest BCUT2D eigenvalue weighted by Crippen LogP contribution is -2.50. The van der Waals surface area contributed by atoms with Crippen LogP contribution in [0.4, 0.5) is 32.2 Å². The van der Waals surface area contributed by atoms with Gasteiger partial charge in [-0.1, -0.05) is 23.7 Å². The summed E-state index contributed by atoms with van der Waals surface area (Å²) in [4.78, 5) is 18.6. The normalized spacial score (nSPS) is 22.5. The molecule has 0 radical (unpaired) electrons. The van der Waals surface area contributed by atoms with Crippen LogP contribution in [0, 0.1) is 0 Å². The monoisotopic (exact) mass is 545 g/mol. The third kappa shape index (κ3) is 5.26. The molecule has 5 rings (SSSR count). The van der Waals surface area contributed by atoms with E-state index in [2.05, 4.69) is 15.1 Å². The molecule has 6 nitrogen and oxygen atoms in total. The fourth-order valence-electron chi connectivity index (χ4n) is 5.23. The van der Waals surface area contributed by atoms with Crippen LogP contribution in [0.15, 0.2) is 36.4 Å². The van der Waals surface area contributed by atoms with Crippen LogP contribution in [0.5, 0.6) is 0 Å². The van der Waals surface area contributed by atoms with Crippen molar-refractivity contribution in [1.82, 2.24) is 20.0 Å². The molecule has 2 unspecified atom stereocenters. The minimum Gasteiger partial charge on any atom is -0.349 e. The van der Waals surface area contributed by atoms with Crippen molar-refractivity contribution in [2.45, 2.75) is 37.3 Å². The summed E-state index contributed by atoms with van der Waals surface area (Å²) in [5, 5.41) is 6.69. The summed E-state index contributed by atoms with van der Waals surface area (Å²) in [5.41, 5.74) is -0.748. The van der Waals surface area contributed by atoms with Gasteiger partial charge in [0.05, 0.1) is 17.1 Å². The van der Waals surface area contributed by atoms with Crippen molar-refractivity contribution < 1.29 is 31.1 Å². The largest absolute Gasteiger partial charge is 0.435 e. The first kappa shape index (κ1) is 25.8. The second kappa shape index (κ2) is 9.46. The van der Waals surface area contributed by atoms with Crippen LogP contribution >= 0.6 is 11.6 Å². The van der Waals surface area contributed by atoms with Gasteiger partial charge >= 0.3 is 12.4 Å². The number of anilines is 1. The fraction of sp³-hybridized carbons (Fsp3) is 0.458. The van der Waals surface area contributed by atoms with Gasteiger partial charge in [-0.2, -0.15) is 26.3 Å². The van der Waals surface area contributed by atoms with E-state index in [1.54, 1.807) is 17.0 Å². The Bertz CT molecular complexity index is 1220. The van der Waals surface area contributed by atoms with Crippen LogP contribution in [-0.2, 0) is 17.1 Å². The van der Waals surface area contributed by atoms with Gasteiger partial charge in [-0.25, -0.2) is 0 Å². The summed E-state index contributed by atoms with van der Waals surface area (Å²) in [6.45, 7) is 2.02. The zero-order valence-electron chi connectivity index (χ0n) is 19.4. The lowest BCUT2D eigenvalue weighted by atomic mass is 9.97. The Morgan fingerprint density at radius 1 is 1.00 bits per heavy atom. The van der Waals surface area contributed by atoms with Gasteiger partial charge in [0.2, 0.25) is 5.91 Å². The summed E-state index contributed by atoms with van der Waals surface area (Å²) in [5.74, 6) is 0.312. The number of nitrogens with zero attached hydrogens (tertiary/aromatic N) is 5. The lowest BCUT2D eigenvalue weighted by molar-refractivity contribution is -0.141. The number of likely N-dealkylation sites (tertiary alicyclic amines) is 1. The van der Waals surface area contributed by atoms with Crippen LogP contribution in [-0.4, -0.2) is 70.7 Å². The average Bonchev–Trinajstić information content (AvgIpc) is 3.44. The molecule has 0 spiro atoms. The number of carbonyl (C=O) groups is 1. The molecular weight excluding hydrogens is 524 g/mol. The highest BCUT2D eigenvalue weighted by atomic mass is 35.5. The van der Waals surface area contributed by atoms with Gasteiger partial charge in [0.1, 0.15) is 0 Å². The summed E-state index contributed by atoms with van der Waals surface area (Å²) in [7, 11) is 0. The first-order chi connectivity index (χ1) is 17.4. The molecule has 198 valence electrons. The van der Waals surface area contributed by atoms with Crippen molar-refractivity contribution in [3.63, 3.8) is 0 Å². The second-order valence-corrected chi connectivity index (χ2v) is 9.82. The first-order valence-corrected chi connectivity index (χ1v) is 12.0. The van der Waals surface area contributed by atoms with E-state index in [-0.39, 0.29) is 29.6 Å². The number of piperazine rings is 1. The Labute approximate surface area is 213 Å². The number of rotatable bonds is 4. The van der Waals surface area contributed by atoms with Crippen LogP contribution in [0.3, 0.4) is 0 Å². The minimum absolute atomic E-state index is 0.0319. The number of halogens is 7. The van der Waals surface area contributed by atoms with Crippen LogP contribution in [0.25, 0.3) is 5.57 Å². The first-order valence-electron chi connectivity index (χ1n) is 11.7. The Hall–Kier alpha value is -2.86. The zero-order valence-corrected chi connectivity index (χ0v) is 20.1. The zero-order chi connectivity index (χ0) is 26.5. The second-order valence-electron chi connectivity index (χ2n) is 9.41. The predicted molar refractivity (Wildman–Crippen MR) is 124 cm³/mol. The van der Waals surface area contributed by atoms with E-state index >= 15 is 0 Å². The lowest BCUT2D eigenvalue weighted by Gasteiger charge is -2.35. The number of fused-ring (bicyclic) bond motifs is 2. The average molecular weight is 546 g/mol. The summed E-state index contributed by atoms with van der Waals surface area (Å²) in [6, 6.07) is 6.17.